The molecule has 1 aliphatic heterocycles. The lowest BCUT2D eigenvalue weighted by atomic mass is 10.1. The molecule has 0 spiro atoms. The van der Waals surface area contributed by atoms with Crippen LogP contribution in [0.4, 0.5) is 4.79 Å². The lowest BCUT2D eigenvalue weighted by Crippen LogP contribution is -2.35. The Morgan fingerprint density at radius 2 is 1.96 bits per heavy atom. The van der Waals surface area contributed by atoms with Gasteiger partial charge in [0.25, 0.3) is 0 Å². The van der Waals surface area contributed by atoms with Crippen molar-refractivity contribution in [2.24, 2.45) is 5.92 Å². The normalized spacial score (nSPS) is 18.0. The first-order chi connectivity index (χ1) is 11.3. The van der Waals surface area contributed by atoms with Gasteiger partial charge < -0.3 is 14.4 Å². The molecule has 2 rings (SSSR count). The molecule has 1 aliphatic rings. The number of carbonyl (C=O) groups excluding carboxylic acids is 2. The monoisotopic (exact) mass is 331 g/mol. The highest BCUT2D eigenvalue weighted by Crippen LogP contribution is 2.20. The largest absolute Gasteiger partial charge is 0.458 e. The molecule has 1 saturated heterocycles. The fraction of sp³-hybridized carbons (Fsp3) is 0.474. The van der Waals surface area contributed by atoms with Gasteiger partial charge in [0.05, 0.1) is 0 Å². The fourth-order valence-electron chi connectivity index (χ4n) is 2.43. The third kappa shape index (κ3) is 6.07. The molecule has 24 heavy (non-hydrogen) atoms. The van der Waals surface area contributed by atoms with Gasteiger partial charge in [-0.15, -0.1) is 0 Å². The number of likely N-dealkylation sites (tertiary alicyclic amines) is 1. The Balaban J connectivity index is 1.75. The molecular weight excluding hydrogens is 306 g/mol. The highest BCUT2D eigenvalue weighted by Gasteiger charge is 2.28. The second-order valence-electron chi connectivity index (χ2n) is 6.93. The molecule has 0 saturated carbocycles. The first kappa shape index (κ1) is 18.0. The molecule has 0 aromatic heterocycles. The van der Waals surface area contributed by atoms with E-state index in [9.17, 15) is 9.59 Å². The second-order valence-corrected chi connectivity index (χ2v) is 6.93. The van der Waals surface area contributed by atoms with E-state index in [0.29, 0.717) is 13.1 Å². The predicted molar refractivity (Wildman–Crippen MR) is 91.3 cm³/mol. The summed E-state index contributed by atoms with van der Waals surface area (Å²) in [5, 5.41) is 0. The van der Waals surface area contributed by atoms with Crippen molar-refractivity contribution in [3.05, 3.63) is 48.0 Å². The smallest absolute Gasteiger partial charge is 0.410 e. The van der Waals surface area contributed by atoms with Crippen LogP contribution in [0.5, 0.6) is 0 Å². The van der Waals surface area contributed by atoms with Gasteiger partial charge in [-0.1, -0.05) is 36.4 Å². The van der Waals surface area contributed by atoms with Crippen molar-refractivity contribution in [1.82, 2.24) is 4.90 Å². The van der Waals surface area contributed by atoms with Crippen molar-refractivity contribution in [3.63, 3.8) is 0 Å². The van der Waals surface area contributed by atoms with Crippen LogP contribution in [0.25, 0.3) is 0 Å². The topological polar surface area (TPSA) is 55.8 Å². The zero-order chi connectivity index (χ0) is 17.6. The van der Waals surface area contributed by atoms with Crippen molar-refractivity contribution in [1.29, 1.82) is 0 Å². The van der Waals surface area contributed by atoms with Gasteiger partial charge in [-0.05, 0) is 38.7 Å². The van der Waals surface area contributed by atoms with Crippen molar-refractivity contribution >= 4 is 12.1 Å². The number of hydrogen-bond donors (Lipinski definition) is 0. The number of amides is 1. The van der Waals surface area contributed by atoms with Crippen molar-refractivity contribution in [2.45, 2.75) is 39.4 Å². The average molecular weight is 331 g/mol. The van der Waals surface area contributed by atoms with Crippen LogP contribution in [-0.2, 0) is 20.9 Å². The summed E-state index contributed by atoms with van der Waals surface area (Å²) in [5.74, 6) is -0.212. The van der Waals surface area contributed by atoms with Crippen LogP contribution in [0.15, 0.2) is 42.5 Å². The summed E-state index contributed by atoms with van der Waals surface area (Å²) in [5.41, 5.74) is 0.461. The van der Waals surface area contributed by atoms with Gasteiger partial charge in [0.15, 0.2) is 0 Å². The van der Waals surface area contributed by atoms with E-state index in [2.05, 4.69) is 0 Å². The minimum Gasteiger partial charge on any atom is -0.458 e. The van der Waals surface area contributed by atoms with Gasteiger partial charge in [0.1, 0.15) is 12.2 Å². The molecule has 5 nitrogen and oxygen atoms in total. The van der Waals surface area contributed by atoms with E-state index in [0.717, 1.165) is 12.0 Å². The van der Waals surface area contributed by atoms with Crippen molar-refractivity contribution in [2.75, 3.05) is 13.1 Å². The van der Waals surface area contributed by atoms with Gasteiger partial charge >= 0.3 is 12.1 Å². The van der Waals surface area contributed by atoms with Crippen LogP contribution in [0.1, 0.15) is 32.8 Å². The second kappa shape index (κ2) is 7.99. The summed E-state index contributed by atoms with van der Waals surface area (Å²) in [6.07, 6.45) is 3.79. The standard InChI is InChI=1S/C19H25NO4/c1-19(2,3)24-18(22)20-12-11-15(13-20)9-10-17(21)23-14-16-7-5-4-6-8-16/h4-10,15H,11-14H2,1-3H3/b10-9+. The highest BCUT2D eigenvalue weighted by molar-refractivity contribution is 5.82. The van der Waals surface area contributed by atoms with Crippen LogP contribution in [0.3, 0.4) is 0 Å². The Morgan fingerprint density at radius 1 is 1.25 bits per heavy atom. The van der Waals surface area contributed by atoms with Crippen LogP contribution in [0.2, 0.25) is 0 Å². The minimum atomic E-state index is -0.494. The summed E-state index contributed by atoms with van der Waals surface area (Å²) in [4.78, 5) is 25.4. The van der Waals surface area contributed by atoms with Gasteiger partial charge in [-0.2, -0.15) is 0 Å². The van der Waals surface area contributed by atoms with Crippen LogP contribution < -0.4 is 0 Å². The lowest BCUT2D eigenvalue weighted by molar-refractivity contribution is -0.139. The minimum absolute atomic E-state index is 0.154. The van der Waals surface area contributed by atoms with E-state index < -0.39 is 5.60 Å². The third-order valence-electron chi connectivity index (χ3n) is 3.60. The summed E-state index contributed by atoms with van der Waals surface area (Å²) in [6, 6.07) is 9.55. The molecular formula is C19H25NO4. The van der Waals surface area contributed by atoms with E-state index in [1.807, 2.05) is 57.2 Å². The molecule has 1 heterocycles. The Kier molecular flexibility index (Phi) is 6.01. The summed E-state index contributed by atoms with van der Waals surface area (Å²) < 4.78 is 10.6. The number of rotatable bonds is 4. The van der Waals surface area contributed by atoms with Crippen molar-refractivity contribution < 1.29 is 19.1 Å². The number of carbonyl (C=O) groups is 2. The van der Waals surface area contributed by atoms with Crippen LogP contribution >= 0.6 is 0 Å². The van der Waals surface area contributed by atoms with Crippen molar-refractivity contribution in [3.8, 4) is 0 Å². The zero-order valence-corrected chi connectivity index (χ0v) is 14.5. The molecule has 1 atom stereocenters. The van der Waals surface area contributed by atoms with Gasteiger partial charge in [-0.3, -0.25) is 0 Å². The Hall–Kier alpha value is -2.30. The molecule has 130 valence electrons. The number of nitrogens with zero attached hydrogens (tertiary/aromatic N) is 1. The molecule has 0 N–H and O–H groups in total. The summed E-state index contributed by atoms with van der Waals surface area (Å²) >= 11 is 0. The Morgan fingerprint density at radius 3 is 2.62 bits per heavy atom. The van der Waals surface area contributed by atoms with E-state index in [1.165, 1.54) is 6.08 Å². The molecule has 5 heteroatoms. The first-order valence-corrected chi connectivity index (χ1v) is 8.20. The number of ether oxygens (including phenoxy) is 2. The average Bonchev–Trinajstić information content (AvgIpc) is 2.99. The highest BCUT2D eigenvalue weighted by atomic mass is 16.6. The molecule has 1 amide bonds. The molecule has 1 fully saturated rings. The Bertz CT molecular complexity index is 589. The zero-order valence-electron chi connectivity index (χ0n) is 14.5. The molecule has 0 bridgehead atoms. The number of benzene rings is 1. The maximum Gasteiger partial charge on any atom is 0.410 e. The maximum absolute atomic E-state index is 12.0. The van der Waals surface area contributed by atoms with Gasteiger partial charge in [0, 0.05) is 19.2 Å². The molecule has 0 aliphatic carbocycles. The van der Waals surface area contributed by atoms with Crippen LogP contribution in [0, 0.1) is 5.92 Å². The number of hydrogen-bond acceptors (Lipinski definition) is 4. The molecule has 1 aromatic rings. The third-order valence-corrected chi connectivity index (χ3v) is 3.60. The van der Waals surface area contributed by atoms with Crippen LogP contribution in [-0.4, -0.2) is 35.7 Å². The molecule has 1 unspecified atom stereocenters. The van der Waals surface area contributed by atoms with E-state index >= 15 is 0 Å². The molecule has 0 radical (unpaired) electrons. The van der Waals surface area contributed by atoms with E-state index in [4.69, 9.17) is 9.47 Å². The fourth-order valence-corrected chi connectivity index (χ4v) is 2.43. The van der Waals surface area contributed by atoms with E-state index in [-0.39, 0.29) is 24.6 Å². The number of esters is 1. The Labute approximate surface area is 143 Å². The quantitative estimate of drug-likeness (QED) is 0.625. The summed E-state index contributed by atoms with van der Waals surface area (Å²) in [7, 11) is 0. The predicted octanol–water partition coefficient (Wildman–Crippen LogP) is 3.54. The maximum atomic E-state index is 12.0. The van der Waals surface area contributed by atoms with Gasteiger partial charge in [-0.25, -0.2) is 9.59 Å². The van der Waals surface area contributed by atoms with Gasteiger partial charge in [0.2, 0.25) is 0 Å². The van der Waals surface area contributed by atoms with E-state index in [1.54, 1.807) is 4.90 Å². The SMILES string of the molecule is CC(C)(C)OC(=O)N1CCC(/C=C/C(=O)OCc2ccccc2)C1. The first-order valence-electron chi connectivity index (χ1n) is 8.20. The lowest BCUT2D eigenvalue weighted by Gasteiger charge is -2.24. The molecule has 1 aromatic carbocycles. The summed E-state index contributed by atoms with van der Waals surface area (Å²) in [6.45, 7) is 7.02.